The third kappa shape index (κ3) is 3.63. The molecule has 2 amide bonds. The molecule has 3 atom stereocenters. The largest absolute Gasteiger partial charge is 0.335 e. The van der Waals surface area contributed by atoms with Crippen molar-refractivity contribution >= 4 is 6.03 Å². The van der Waals surface area contributed by atoms with E-state index in [0.29, 0.717) is 18.0 Å². The molecule has 3 heteroatoms. The Morgan fingerprint density at radius 3 is 2.33 bits per heavy atom. The van der Waals surface area contributed by atoms with Crippen LogP contribution in [-0.2, 0) is 0 Å². The molecule has 0 aromatic carbocycles. The number of nitrogens with one attached hydrogen (secondary N) is 2. The molecule has 0 spiro atoms. The first-order valence-corrected chi connectivity index (χ1v) is 7.74. The number of hydrogen-bond donors (Lipinski definition) is 2. The van der Waals surface area contributed by atoms with E-state index in [9.17, 15) is 4.79 Å². The molecule has 104 valence electrons. The molecule has 0 aromatic rings. The van der Waals surface area contributed by atoms with Crippen LogP contribution in [0.25, 0.3) is 0 Å². The van der Waals surface area contributed by atoms with Crippen molar-refractivity contribution in [2.24, 2.45) is 11.8 Å². The number of carbonyl (C=O) groups is 1. The summed E-state index contributed by atoms with van der Waals surface area (Å²) >= 11 is 0. The average Bonchev–Trinajstić information content (AvgIpc) is 2.36. The summed E-state index contributed by atoms with van der Waals surface area (Å²) in [6.45, 7) is 4.58. The summed E-state index contributed by atoms with van der Waals surface area (Å²) in [6, 6.07) is 0.847. The molecule has 0 radical (unpaired) electrons. The first-order valence-electron chi connectivity index (χ1n) is 7.74. The molecule has 2 fully saturated rings. The number of rotatable bonds is 2. The Labute approximate surface area is 111 Å². The van der Waals surface area contributed by atoms with E-state index in [2.05, 4.69) is 24.5 Å². The predicted molar refractivity (Wildman–Crippen MR) is 74.5 cm³/mol. The second-order valence-corrected chi connectivity index (χ2v) is 6.33. The second kappa shape index (κ2) is 6.44. The van der Waals surface area contributed by atoms with Gasteiger partial charge in [0.25, 0.3) is 0 Å². The fourth-order valence-corrected chi connectivity index (χ4v) is 3.43. The van der Waals surface area contributed by atoms with E-state index < -0.39 is 0 Å². The van der Waals surface area contributed by atoms with Crippen LogP contribution in [0.3, 0.4) is 0 Å². The van der Waals surface area contributed by atoms with Crippen LogP contribution < -0.4 is 10.6 Å². The maximum absolute atomic E-state index is 12.0. The van der Waals surface area contributed by atoms with Gasteiger partial charge < -0.3 is 10.6 Å². The van der Waals surface area contributed by atoms with Crippen LogP contribution in [0, 0.1) is 11.8 Å². The van der Waals surface area contributed by atoms with Crippen LogP contribution in [0.5, 0.6) is 0 Å². The van der Waals surface area contributed by atoms with Gasteiger partial charge in [0.2, 0.25) is 0 Å². The first-order chi connectivity index (χ1) is 8.66. The predicted octanol–water partition coefficient (Wildman–Crippen LogP) is 3.44. The van der Waals surface area contributed by atoms with E-state index in [1.165, 1.54) is 32.1 Å². The number of amides is 2. The zero-order valence-corrected chi connectivity index (χ0v) is 11.9. The van der Waals surface area contributed by atoms with Gasteiger partial charge in [-0.15, -0.1) is 0 Å². The molecule has 0 bridgehead atoms. The minimum atomic E-state index is 0.0628. The van der Waals surface area contributed by atoms with Gasteiger partial charge in [-0.25, -0.2) is 4.79 Å². The first kappa shape index (κ1) is 13.7. The van der Waals surface area contributed by atoms with E-state index in [1.807, 2.05) is 0 Å². The Hall–Kier alpha value is -0.730. The number of carbonyl (C=O) groups excluding carboxylic acids is 1. The number of urea groups is 1. The van der Waals surface area contributed by atoms with Crippen LogP contribution >= 0.6 is 0 Å². The van der Waals surface area contributed by atoms with Crippen molar-refractivity contribution in [3.63, 3.8) is 0 Å². The highest BCUT2D eigenvalue weighted by Gasteiger charge is 2.28. The molecule has 2 aliphatic rings. The highest BCUT2D eigenvalue weighted by molar-refractivity contribution is 5.74. The van der Waals surface area contributed by atoms with Crippen molar-refractivity contribution in [1.29, 1.82) is 0 Å². The Balaban J connectivity index is 1.75. The van der Waals surface area contributed by atoms with Gasteiger partial charge in [-0.05, 0) is 31.1 Å². The molecule has 3 nitrogen and oxygen atoms in total. The molecule has 0 saturated heterocycles. The van der Waals surface area contributed by atoms with Crippen LogP contribution in [0.2, 0.25) is 0 Å². The molecule has 2 N–H and O–H groups in total. The van der Waals surface area contributed by atoms with Gasteiger partial charge in [0.15, 0.2) is 0 Å². The Bertz CT molecular complexity index is 274. The molecule has 18 heavy (non-hydrogen) atoms. The van der Waals surface area contributed by atoms with Gasteiger partial charge in [-0.3, -0.25) is 0 Å². The molecule has 2 rings (SSSR count). The lowest BCUT2D eigenvalue weighted by molar-refractivity contribution is 0.191. The monoisotopic (exact) mass is 252 g/mol. The fraction of sp³-hybridized carbons (Fsp3) is 0.933. The topological polar surface area (TPSA) is 41.1 Å². The van der Waals surface area contributed by atoms with Gasteiger partial charge in [0, 0.05) is 12.1 Å². The summed E-state index contributed by atoms with van der Waals surface area (Å²) in [5, 5.41) is 6.35. The summed E-state index contributed by atoms with van der Waals surface area (Å²) < 4.78 is 0. The lowest BCUT2D eigenvalue weighted by atomic mass is 9.78. The smallest absolute Gasteiger partial charge is 0.315 e. The van der Waals surface area contributed by atoms with Gasteiger partial charge in [-0.2, -0.15) is 0 Å². The third-order valence-corrected chi connectivity index (χ3v) is 4.96. The Morgan fingerprint density at radius 1 is 0.889 bits per heavy atom. The molecular weight excluding hydrogens is 224 g/mol. The van der Waals surface area contributed by atoms with E-state index in [0.717, 1.165) is 25.2 Å². The summed E-state index contributed by atoms with van der Waals surface area (Å²) in [7, 11) is 0. The quantitative estimate of drug-likeness (QED) is 0.776. The molecule has 2 saturated carbocycles. The Kier molecular flexibility index (Phi) is 4.90. The summed E-state index contributed by atoms with van der Waals surface area (Å²) in [6.07, 6.45) is 9.88. The molecule has 0 aromatic heterocycles. The molecule has 2 aliphatic carbocycles. The van der Waals surface area contributed by atoms with Gasteiger partial charge in [0.05, 0.1) is 0 Å². The van der Waals surface area contributed by atoms with E-state index in [4.69, 9.17) is 0 Å². The second-order valence-electron chi connectivity index (χ2n) is 6.33. The molecule has 0 unspecified atom stereocenters. The van der Waals surface area contributed by atoms with Crippen molar-refractivity contribution in [3.8, 4) is 0 Å². The minimum absolute atomic E-state index is 0.0628. The number of hydrogen-bond acceptors (Lipinski definition) is 1. The lowest BCUT2D eigenvalue weighted by Crippen LogP contribution is -2.50. The van der Waals surface area contributed by atoms with Crippen molar-refractivity contribution in [1.82, 2.24) is 10.6 Å². The van der Waals surface area contributed by atoms with Crippen molar-refractivity contribution in [2.45, 2.75) is 77.3 Å². The normalized spacial score (nSPS) is 34.0. The van der Waals surface area contributed by atoms with Crippen LogP contribution in [0.15, 0.2) is 0 Å². The molecule has 0 heterocycles. The summed E-state index contributed by atoms with van der Waals surface area (Å²) in [5.41, 5.74) is 0. The summed E-state index contributed by atoms with van der Waals surface area (Å²) in [5.74, 6) is 1.34. The van der Waals surface area contributed by atoms with Crippen molar-refractivity contribution < 1.29 is 4.79 Å². The maximum Gasteiger partial charge on any atom is 0.315 e. The zero-order valence-electron chi connectivity index (χ0n) is 11.9. The van der Waals surface area contributed by atoms with E-state index >= 15 is 0 Å². The van der Waals surface area contributed by atoms with Crippen molar-refractivity contribution in [3.05, 3.63) is 0 Å². The van der Waals surface area contributed by atoms with Crippen LogP contribution in [0.1, 0.15) is 65.2 Å². The maximum atomic E-state index is 12.0. The highest BCUT2D eigenvalue weighted by Crippen LogP contribution is 2.29. The van der Waals surface area contributed by atoms with Gasteiger partial charge >= 0.3 is 6.03 Å². The lowest BCUT2D eigenvalue weighted by Gasteiger charge is -2.35. The van der Waals surface area contributed by atoms with Gasteiger partial charge in [-0.1, -0.05) is 46.0 Å². The highest BCUT2D eigenvalue weighted by atomic mass is 16.2. The van der Waals surface area contributed by atoms with E-state index in [-0.39, 0.29) is 6.03 Å². The van der Waals surface area contributed by atoms with Crippen LogP contribution in [-0.4, -0.2) is 18.1 Å². The standard InChI is InChI=1S/C15H28N2O/c1-11-7-6-10-14(12(11)2)17-15(18)16-13-8-4-3-5-9-13/h11-14H,3-10H2,1-2H3,(H2,16,17,18)/t11-,12+,14+/m0/s1. The molecular formula is C15H28N2O. The van der Waals surface area contributed by atoms with Gasteiger partial charge in [0.1, 0.15) is 0 Å². The van der Waals surface area contributed by atoms with Crippen molar-refractivity contribution in [2.75, 3.05) is 0 Å². The summed E-state index contributed by atoms with van der Waals surface area (Å²) in [4.78, 5) is 12.0. The Morgan fingerprint density at radius 2 is 1.61 bits per heavy atom. The SMILES string of the molecule is C[C@@H]1[C@@H](C)CCC[C@H]1NC(=O)NC1CCCCC1. The molecule has 0 aliphatic heterocycles. The minimum Gasteiger partial charge on any atom is -0.335 e. The average molecular weight is 252 g/mol. The third-order valence-electron chi connectivity index (χ3n) is 4.96. The van der Waals surface area contributed by atoms with E-state index in [1.54, 1.807) is 0 Å². The van der Waals surface area contributed by atoms with Crippen LogP contribution in [0.4, 0.5) is 4.79 Å². The fourth-order valence-electron chi connectivity index (χ4n) is 3.43. The zero-order chi connectivity index (χ0) is 13.0.